The summed E-state index contributed by atoms with van der Waals surface area (Å²) in [4.78, 5) is 9.03. The van der Waals surface area contributed by atoms with Crippen molar-refractivity contribution in [3.63, 3.8) is 0 Å². The zero-order valence-corrected chi connectivity index (χ0v) is 11.9. The lowest BCUT2D eigenvalue weighted by molar-refractivity contribution is -0.0453. The van der Waals surface area contributed by atoms with Crippen molar-refractivity contribution in [2.45, 2.75) is 18.6 Å². The van der Waals surface area contributed by atoms with E-state index in [-0.39, 0.29) is 12.1 Å². The summed E-state index contributed by atoms with van der Waals surface area (Å²) in [5.74, 6) is 0. The standard InChI is InChI=1S/C13H18BrN3O/c14-11-5-10(7-15-8-11)6-13(18)12-9-16-1-3-17(12)4-2-16/h5,7-8,12-13,18H,1-4,6,9H2. The summed E-state index contributed by atoms with van der Waals surface area (Å²) < 4.78 is 0.974. The van der Waals surface area contributed by atoms with E-state index in [1.54, 1.807) is 6.20 Å². The van der Waals surface area contributed by atoms with E-state index in [1.165, 1.54) is 0 Å². The zero-order chi connectivity index (χ0) is 12.5. The summed E-state index contributed by atoms with van der Waals surface area (Å²) >= 11 is 3.42. The molecule has 0 amide bonds. The Kier molecular flexibility index (Phi) is 3.66. The average molecular weight is 312 g/mol. The van der Waals surface area contributed by atoms with Crippen LogP contribution in [-0.4, -0.2) is 64.8 Å². The van der Waals surface area contributed by atoms with Crippen LogP contribution in [-0.2, 0) is 6.42 Å². The minimum absolute atomic E-state index is 0.284. The first-order valence-corrected chi connectivity index (χ1v) is 7.25. The van der Waals surface area contributed by atoms with Crippen molar-refractivity contribution >= 4 is 15.9 Å². The van der Waals surface area contributed by atoms with Gasteiger partial charge in [0.15, 0.2) is 0 Å². The maximum Gasteiger partial charge on any atom is 0.0748 e. The molecule has 2 bridgehead atoms. The highest BCUT2D eigenvalue weighted by molar-refractivity contribution is 9.10. The third-order valence-corrected chi connectivity index (χ3v) is 4.41. The Morgan fingerprint density at radius 1 is 1.33 bits per heavy atom. The summed E-state index contributed by atoms with van der Waals surface area (Å²) in [6, 6.07) is 2.32. The van der Waals surface area contributed by atoms with Gasteiger partial charge >= 0.3 is 0 Å². The topological polar surface area (TPSA) is 39.6 Å². The molecule has 3 aliphatic rings. The van der Waals surface area contributed by atoms with Crippen LogP contribution < -0.4 is 0 Å². The molecular formula is C13H18BrN3O. The summed E-state index contributed by atoms with van der Waals surface area (Å²) in [6.45, 7) is 5.50. The van der Waals surface area contributed by atoms with Crippen LogP contribution in [0.1, 0.15) is 5.56 Å². The van der Waals surface area contributed by atoms with Gasteiger partial charge in [-0.1, -0.05) is 0 Å². The highest BCUT2D eigenvalue weighted by Crippen LogP contribution is 2.21. The molecule has 4 heterocycles. The molecule has 5 heteroatoms. The van der Waals surface area contributed by atoms with Crippen molar-refractivity contribution in [1.29, 1.82) is 0 Å². The first-order valence-electron chi connectivity index (χ1n) is 6.46. The molecule has 4 rings (SSSR count). The van der Waals surface area contributed by atoms with E-state index in [9.17, 15) is 5.11 Å². The van der Waals surface area contributed by atoms with Gasteiger partial charge in [0.2, 0.25) is 0 Å². The maximum absolute atomic E-state index is 10.4. The minimum Gasteiger partial charge on any atom is -0.391 e. The molecule has 0 aliphatic carbocycles. The number of aromatic nitrogens is 1. The maximum atomic E-state index is 10.4. The monoisotopic (exact) mass is 311 g/mol. The third-order valence-electron chi connectivity index (χ3n) is 3.97. The Balaban J connectivity index is 1.66. The first-order chi connectivity index (χ1) is 8.72. The molecule has 98 valence electrons. The quantitative estimate of drug-likeness (QED) is 0.894. The van der Waals surface area contributed by atoms with E-state index < -0.39 is 0 Å². The van der Waals surface area contributed by atoms with Gasteiger partial charge in [-0.2, -0.15) is 0 Å². The molecule has 0 spiro atoms. The number of fused-ring (bicyclic) bond motifs is 3. The Morgan fingerprint density at radius 3 is 2.72 bits per heavy atom. The lowest BCUT2D eigenvalue weighted by Crippen LogP contribution is -2.64. The number of nitrogens with zero attached hydrogens (tertiary/aromatic N) is 3. The highest BCUT2D eigenvalue weighted by atomic mass is 79.9. The largest absolute Gasteiger partial charge is 0.391 e. The van der Waals surface area contributed by atoms with Crippen molar-refractivity contribution in [1.82, 2.24) is 14.8 Å². The molecule has 3 saturated heterocycles. The van der Waals surface area contributed by atoms with Crippen molar-refractivity contribution < 1.29 is 5.11 Å². The average Bonchev–Trinajstić information content (AvgIpc) is 2.40. The second-order valence-electron chi connectivity index (χ2n) is 5.19. The van der Waals surface area contributed by atoms with Gasteiger partial charge in [0, 0.05) is 62.1 Å². The fraction of sp³-hybridized carbons (Fsp3) is 0.615. The Labute approximate surface area is 116 Å². The fourth-order valence-corrected chi connectivity index (χ4v) is 3.38. The van der Waals surface area contributed by atoms with Gasteiger partial charge in [-0.3, -0.25) is 14.8 Å². The Bertz CT molecular complexity index is 420. The molecule has 1 aromatic heterocycles. The van der Waals surface area contributed by atoms with Crippen LogP contribution >= 0.6 is 15.9 Å². The number of rotatable bonds is 3. The number of pyridine rings is 1. The number of hydrogen-bond donors (Lipinski definition) is 1. The Morgan fingerprint density at radius 2 is 2.11 bits per heavy atom. The molecule has 0 saturated carbocycles. The second-order valence-corrected chi connectivity index (χ2v) is 6.10. The predicted octanol–water partition coefficient (Wildman–Crippen LogP) is 0.747. The zero-order valence-electron chi connectivity index (χ0n) is 10.3. The smallest absolute Gasteiger partial charge is 0.0748 e. The van der Waals surface area contributed by atoms with Gasteiger partial charge in [-0.25, -0.2) is 0 Å². The molecule has 0 aromatic carbocycles. The van der Waals surface area contributed by atoms with E-state index >= 15 is 0 Å². The lowest BCUT2D eigenvalue weighted by Gasteiger charge is -2.49. The predicted molar refractivity (Wildman–Crippen MR) is 73.4 cm³/mol. The van der Waals surface area contributed by atoms with Crippen molar-refractivity contribution in [2.75, 3.05) is 32.7 Å². The number of hydrogen-bond acceptors (Lipinski definition) is 4. The molecule has 3 aliphatic heterocycles. The van der Waals surface area contributed by atoms with Crippen LogP contribution in [0.3, 0.4) is 0 Å². The van der Waals surface area contributed by atoms with Crippen molar-refractivity contribution in [3.8, 4) is 0 Å². The highest BCUT2D eigenvalue weighted by Gasteiger charge is 2.35. The summed E-state index contributed by atoms with van der Waals surface area (Å²) in [5, 5.41) is 10.4. The van der Waals surface area contributed by atoms with Gasteiger partial charge in [-0.15, -0.1) is 0 Å². The van der Waals surface area contributed by atoms with Crippen LogP contribution in [0.5, 0.6) is 0 Å². The SMILES string of the molecule is OC(Cc1cncc(Br)c1)C1CN2CCN1CC2. The van der Waals surface area contributed by atoms with Crippen LogP contribution in [0.4, 0.5) is 0 Å². The molecular weight excluding hydrogens is 294 g/mol. The number of aliphatic hydroxyl groups excluding tert-OH is 1. The molecule has 2 atom stereocenters. The van der Waals surface area contributed by atoms with Gasteiger partial charge < -0.3 is 5.11 Å². The van der Waals surface area contributed by atoms with Crippen LogP contribution in [0.15, 0.2) is 22.9 Å². The molecule has 1 N–H and O–H groups in total. The first kappa shape index (κ1) is 12.5. The summed E-state index contributed by atoms with van der Waals surface area (Å²) in [7, 11) is 0. The van der Waals surface area contributed by atoms with Gasteiger partial charge in [0.25, 0.3) is 0 Å². The van der Waals surface area contributed by atoms with Gasteiger partial charge in [0.1, 0.15) is 0 Å². The molecule has 4 nitrogen and oxygen atoms in total. The van der Waals surface area contributed by atoms with Crippen LogP contribution in [0, 0.1) is 0 Å². The number of aliphatic hydroxyl groups is 1. The van der Waals surface area contributed by atoms with Crippen LogP contribution in [0.2, 0.25) is 0 Å². The van der Waals surface area contributed by atoms with Crippen LogP contribution in [0.25, 0.3) is 0 Å². The second kappa shape index (κ2) is 5.25. The van der Waals surface area contributed by atoms with Gasteiger partial charge in [0.05, 0.1) is 6.10 Å². The molecule has 0 radical (unpaired) electrons. The third kappa shape index (κ3) is 2.59. The summed E-state index contributed by atoms with van der Waals surface area (Å²) in [5.41, 5.74) is 1.09. The minimum atomic E-state index is -0.302. The molecule has 2 unspecified atom stereocenters. The van der Waals surface area contributed by atoms with Crippen molar-refractivity contribution in [2.24, 2.45) is 0 Å². The van der Waals surface area contributed by atoms with E-state index in [4.69, 9.17) is 0 Å². The van der Waals surface area contributed by atoms with E-state index in [0.717, 1.165) is 42.8 Å². The number of halogens is 1. The molecule has 1 aromatic rings. The summed E-state index contributed by atoms with van der Waals surface area (Å²) in [6.07, 6.45) is 3.99. The normalized spacial score (nSPS) is 32.4. The Hall–Kier alpha value is -0.490. The van der Waals surface area contributed by atoms with E-state index in [1.807, 2.05) is 12.3 Å². The molecule has 3 fully saturated rings. The van der Waals surface area contributed by atoms with Crippen molar-refractivity contribution in [3.05, 3.63) is 28.5 Å². The fourth-order valence-electron chi connectivity index (χ4n) is 2.97. The van der Waals surface area contributed by atoms with E-state index in [2.05, 4.69) is 30.7 Å². The van der Waals surface area contributed by atoms with Gasteiger partial charge in [-0.05, 0) is 27.6 Å². The molecule has 18 heavy (non-hydrogen) atoms. The number of piperazine rings is 3. The van der Waals surface area contributed by atoms with E-state index in [0.29, 0.717) is 6.42 Å². The lowest BCUT2D eigenvalue weighted by atomic mass is 9.97.